The van der Waals surface area contributed by atoms with Crippen molar-refractivity contribution in [3.63, 3.8) is 0 Å². The number of piperidine rings is 1. The van der Waals surface area contributed by atoms with Gasteiger partial charge in [0.2, 0.25) is 0 Å². The first-order valence-electron chi connectivity index (χ1n) is 11.2. The van der Waals surface area contributed by atoms with Crippen molar-refractivity contribution >= 4 is 5.97 Å². The summed E-state index contributed by atoms with van der Waals surface area (Å²) >= 11 is 0. The molecule has 1 unspecified atom stereocenters. The fourth-order valence-corrected chi connectivity index (χ4v) is 3.29. The lowest BCUT2D eigenvalue weighted by molar-refractivity contribution is -0.138. The smallest absolute Gasteiger partial charge is 0.416 e. The molecular weight excluding hydrogens is 503 g/mol. The number of nitrogens with zero attached hydrogens (tertiary/aromatic N) is 1. The Balaban J connectivity index is 0.000000402. The van der Waals surface area contributed by atoms with Gasteiger partial charge in [0.25, 0.3) is 5.97 Å². The normalized spacial score (nSPS) is 14.5. The van der Waals surface area contributed by atoms with E-state index in [4.69, 9.17) is 9.90 Å². The van der Waals surface area contributed by atoms with Crippen molar-refractivity contribution in [2.45, 2.75) is 51.5 Å². The second kappa shape index (κ2) is 14.4. The van der Waals surface area contributed by atoms with E-state index in [-0.39, 0.29) is 5.56 Å². The monoisotopic (exact) mass is 531 g/mol. The molecule has 0 bridgehead atoms. The Morgan fingerprint density at radius 1 is 0.919 bits per heavy atom. The van der Waals surface area contributed by atoms with Crippen molar-refractivity contribution in [1.82, 2.24) is 4.90 Å². The van der Waals surface area contributed by atoms with Gasteiger partial charge in [-0.15, -0.1) is 0 Å². The van der Waals surface area contributed by atoms with Gasteiger partial charge in [-0.2, -0.15) is 26.3 Å². The number of carboxylic acid groups (broad SMARTS) is 1. The van der Waals surface area contributed by atoms with Crippen molar-refractivity contribution in [3.8, 4) is 11.8 Å². The number of rotatable bonds is 2. The van der Waals surface area contributed by atoms with E-state index in [9.17, 15) is 30.7 Å². The van der Waals surface area contributed by atoms with E-state index in [1.807, 2.05) is 4.90 Å². The molecule has 1 saturated heterocycles. The standard InChI is InChI=1S/C18H19F4N.C7H5F3.C2H4O2/c1-13(2)6-9-17(23-10-4-3-5-11-23)15-12-14(18(20,21)22)7-8-16(15)19;8-7(9,10)6-4-2-1-3-5-6;1-2(3)4/h7-8,12,17H,1,3-5,10-11H2,2H3;1-5H;1H3,(H,3,4). The summed E-state index contributed by atoms with van der Waals surface area (Å²) in [5.41, 5.74) is -0.877. The highest BCUT2D eigenvalue weighted by Gasteiger charge is 2.33. The number of hydrogen-bond acceptors (Lipinski definition) is 2. The molecular formula is C27H28F7NO2. The van der Waals surface area contributed by atoms with E-state index in [2.05, 4.69) is 18.4 Å². The van der Waals surface area contributed by atoms with Crippen molar-refractivity contribution in [3.05, 3.63) is 83.2 Å². The summed E-state index contributed by atoms with van der Waals surface area (Å²) in [5, 5.41) is 7.42. The van der Waals surface area contributed by atoms with Gasteiger partial charge in [0.15, 0.2) is 0 Å². The molecule has 202 valence electrons. The number of halogens is 7. The van der Waals surface area contributed by atoms with Gasteiger partial charge in [0.1, 0.15) is 11.9 Å². The van der Waals surface area contributed by atoms with Crippen LogP contribution in [0.1, 0.15) is 55.8 Å². The van der Waals surface area contributed by atoms with Gasteiger partial charge in [0.05, 0.1) is 11.1 Å². The third kappa shape index (κ3) is 12.0. The van der Waals surface area contributed by atoms with Crippen LogP contribution < -0.4 is 0 Å². The van der Waals surface area contributed by atoms with Gasteiger partial charge in [-0.25, -0.2) is 4.39 Å². The molecule has 0 aliphatic carbocycles. The van der Waals surface area contributed by atoms with Gasteiger partial charge in [0, 0.05) is 12.5 Å². The number of alkyl halides is 6. The number of allylic oxidation sites excluding steroid dienone is 1. The second-order valence-corrected chi connectivity index (χ2v) is 8.17. The number of hydrogen-bond donors (Lipinski definition) is 1. The van der Waals surface area contributed by atoms with Crippen LogP contribution in [0.5, 0.6) is 0 Å². The lowest BCUT2D eigenvalue weighted by Crippen LogP contribution is -2.33. The van der Waals surface area contributed by atoms with Crippen molar-refractivity contribution < 1.29 is 40.6 Å². The van der Waals surface area contributed by atoms with E-state index in [1.165, 1.54) is 12.1 Å². The summed E-state index contributed by atoms with van der Waals surface area (Å²) in [6.07, 6.45) is -5.77. The summed E-state index contributed by atoms with van der Waals surface area (Å²) in [7, 11) is 0. The molecule has 37 heavy (non-hydrogen) atoms. The highest BCUT2D eigenvalue weighted by molar-refractivity contribution is 5.62. The average Bonchev–Trinajstić information content (AvgIpc) is 2.80. The maximum absolute atomic E-state index is 14.2. The maximum Gasteiger partial charge on any atom is 0.416 e. The molecule has 1 atom stereocenters. The van der Waals surface area contributed by atoms with E-state index < -0.39 is 41.3 Å². The predicted octanol–water partition coefficient (Wildman–Crippen LogP) is 7.75. The molecule has 0 aromatic heterocycles. The van der Waals surface area contributed by atoms with Gasteiger partial charge in [-0.3, -0.25) is 9.69 Å². The van der Waals surface area contributed by atoms with Crippen LogP contribution >= 0.6 is 0 Å². The summed E-state index contributed by atoms with van der Waals surface area (Å²) < 4.78 is 88.4. The Bertz CT molecular complexity index is 1070. The lowest BCUT2D eigenvalue weighted by atomic mass is 9.99. The molecule has 10 heteroatoms. The molecule has 3 nitrogen and oxygen atoms in total. The van der Waals surface area contributed by atoms with Crippen LogP contribution in [0.4, 0.5) is 30.7 Å². The Morgan fingerprint density at radius 2 is 1.43 bits per heavy atom. The van der Waals surface area contributed by atoms with Crippen LogP contribution in [0.15, 0.2) is 60.7 Å². The van der Waals surface area contributed by atoms with Crippen molar-refractivity contribution in [1.29, 1.82) is 0 Å². The lowest BCUT2D eigenvalue weighted by Gasteiger charge is -2.32. The number of likely N-dealkylation sites (tertiary alicyclic amines) is 1. The zero-order valence-corrected chi connectivity index (χ0v) is 20.4. The van der Waals surface area contributed by atoms with Crippen molar-refractivity contribution in [2.24, 2.45) is 0 Å². The maximum atomic E-state index is 14.2. The Hall–Kier alpha value is -3.32. The van der Waals surface area contributed by atoms with E-state index in [0.717, 1.165) is 56.5 Å². The number of aliphatic carboxylic acids is 1. The zero-order valence-electron chi connectivity index (χ0n) is 20.4. The summed E-state index contributed by atoms with van der Waals surface area (Å²) in [6, 6.07) is 8.19. The largest absolute Gasteiger partial charge is 0.481 e. The Kier molecular flexibility index (Phi) is 12.4. The first-order valence-corrected chi connectivity index (χ1v) is 11.2. The molecule has 3 rings (SSSR count). The third-order valence-corrected chi connectivity index (χ3v) is 4.90. The van der Waals surface area contributed by atoms with Crippen LogP contribution in [0.3, 0.4) is 0 Å². The summed E-state index contributed by atoms with van der Waals surface area (Å²) in [4.78, 5) is 10.9. The predicted molar refractivity (Wildman–Crippen MR) is 127 cm³/mol. The average molecular weight is 532 g/mol. The molecule has 0 amide bonds. The number of carboxylic acids is 1. The van der Waals surface area contributed by atoms with Gasteiger partial charge in [-0.1, -0.05) is 55.2 Å². The van der Waals surface area contributed by atoms with Crippen LogP contribution in [0.2, 0.25) is 0 Å². The highest BCUT2D eigenvalue weighted by Crippen LogP contribution is 2.34. The fourth-order valence-electron chi connectivity index (χ4n) is 3.29. The molecule has 2 aromatic rings. The Morgan fingerprint density at radius 3 is 1.86 bits per heavy atom. The van der Waals surface area contributed by atoms with Crippen LogP contribution in [0, 0.1) is 17.7 Å². The van der Waals surface area contributed by atoms with E-state index in [0.29, 0.717) is 18.7 Å². The molecule has 1 aliphatic rings. The quantitative estimate of drug-likeness (QED) is 0.318. The van der Waals surface area contributed by atoms with Gasteiger partial charge in [-0.05, 0) is 56.6 Å². The third-order valence-electron chi connectivity index (χ3n) is 4.90. The number of carbonyl (C=O) groups is 1. The van der Waals surface area contributed by atoms with Gasteiger partial charge >= 0.3 is 12.4 Å². The summed E-state index contributed by atoms with van der Waals surface area (Å²) in [5.74, 6) is 4.19. The fraction of sp³-hybridized carbons (Fsp3) is 0.370. The van der Waals surface area contributed by atoms with E-state index >= 15 is 0 Å². The van der Waals surface area contributed by atoms with Crippen LogP contribution in [-0.4, -0.2) is 29.1 Å². The van der Waals surface area contributed by atoms with Crippen molar-refractivity contribution in [2.75, 3.05) is 13.1 Å². The first kappa shape index (κ1) is 31.7. The van der Waals surface area contributed by atoms with Crippen LogP contribution in [0.25, 0.3) is 0 Å². The molecule has 1 fully saturated rings. The minimum Gasteiger partial charge on any atom is -0.481 e. The molecule has 0 spiro atoms. The molecule has 2 aromatic carbocycles. The topological polar surface area (TPSA) is 40.5 Å². The van der Waals surface area contributed by atoms with Crippen LogP contribution in [-0.2, 0) is 17.1 Å². The molecule has 1 N–H and O–H groups in total. The van der Waals surface area contributed by atoms with E-state index in [1.54, 1.807) is 13.0 Å². The number of benzene rings is 2. The molecule has 0 saturated carbocycles. The molecule has 0 radical (unpaired) electrons. The minimum absolute atomic E-state index is 0.0181. The Labute approximate surface area is 211 Å². The molecule has 1 aliphatic heterocycles. The first-order chi connectivity index (χ1) is 17.1. The summed E-state index contributed by atoms with van der Waals surface area (Å²) in [6.45, 7) is 7.87. The zero-order chi connectivity index (χ0) is 28.2. The highest BCUT2D eigenvalue weighted by atomic mass is 19.4. The minimum atomic E-state index is -4.50. The second-order valence-electron chi connectivity index (χ2n) is 8.17. The molecule has 1 heterocycles. The van der Waals surface area contributed by atoms with Gasteiger partial charge < -0.3 is 5.11 Å². The SMILES string of the molecule is C=C(C)C#CC(c1cc(C(F)(F)F)ccc1F)N1CCCCC1.CC(=O)O.FC(F)(F)c1ccccc1.